The number of ether oxygens (including phenoxy) is 1. The normalized spacial score (nSPS) is 15.3. The van der Waals surface area contributed by atoms with E-state index in [1.54, 1.807) is 17.0 Å². The van der Waals surface area contributed by atoms with E-state index in [1.165, 1.54) is 21.9 Å². The summed E-state index contributed by atoms with van der Waals surface area (Å²) in [7, 11) is 0. The maximum absolute atomic E-state index is 13.5. The third-order valence-corrected chi connectivity index (χ3v) is 6.50. The molecule has 0 atom stereocenters. The molecule has 39 heavy (non-hydrogen) atoms. The minimum atomic E-state index is -4.98. The molecule has 3 aromatic rings. The Balaban J connectivity index is 1.35. The van der Waals surface area contributed by atoms with Gasteiger partial charge >= 0.3 is 6.36 Å². The first-order valence-electron chi connectivity index (χ1n) is 12.1. The number of fused-ring (bicyclic) bond motifs is 1. The zero-order valence-electron chi connectivity index (χ0n) is 20.4. The number of piperazine rings is 1. The SMILES string of the molecule is O=C(c1cc(F)cc(F)c1)N1CCN(C(=O)c2ccc(N3CC=Cc4ccccc43)c(OC(F)(F)F)c2)CC1. The van der Waals surface area contributed by atoms with Gasteiger partial charge in [0.2, 0.25) is 0 Å². The predicted molar refractivity (Wildman–Crippen MR) is 134 cm³/mol. The van der Waals surface area contributed by atoms with Gasteiger partial charge in [-0.1, -0.05) is 30.4 Å². The molecule has 1 fully saturated rings. The van der Waals surface area contributed by atoms with Gasteiger partial charge in [0.1, 0.15) is 11.6 Å². The number of nitrogens with zero attached hydrogens (tertiary/aromatic N) is 3. The molecule has 1 saturated heterocycles. The zero-order valence-corrected chi connectivity index (χ0v) is 20.4. The van der Waals surface area contributed by atoms with Crippen molar-refractivity contribution in [2.45, 2.75) is 6.36 Å². The van der Waals surface area contributed by atoms with E-state index in [1.807, 2.05) is 24.3 Å². The number of amides is 2. The molecule has 0 aromatic heterocycles. The molecule has 2 amide bonds. The number of halogens is 5. The summed E-state index contributed by atoms with van der Waals surface area (Å²) in [5.74, 6) is -3.38. The van der Waals surface area contributed by atoms with Crippen molar-refractivity contribution in [1.82, 2.24) is 9.80 Å². The molecular weight excluding hydrogens is 521 g/mol. The number of carbonyl (C=O) groups excluding carboxylic acids is 2. The first-order valence-corrected chi connectivity index (χ1v) is 12.1. The molecule has 2 heterocycles. The molecule has 0 aliphatic carbocycles. The maximum Gasteiger partial charge on any atom is 0.573 e. The molecule has 202 valence electrons. The molecule has 0 bridgehead atoms. The topological polar surface area (TPSA) is 53.1 Å². The highest BCUT2D eigenvalue weighted by Crippen LogP contribution is 2.40. The molecule has 5 rings (SSSR count). The Bertz CT molecular complexity index is 1430. The third kappa shape index (κ3) is 5.71. The van der Waals surface area contributed by atoms with Crippen molar-refractivity contribution >= 4 is 29.3 Å². The molecule has 6 nitrogen and oxygen atoms in total. The summed E-state index contributed by atoms with van der Waals surface area (Å²) >= 11 is 0. The maximum atomic E-state index is 13.5. The van der Waals surface area contributed by atoms with Crippen molar-refractivity contribution in [3.63, 3.8) is 0 Å². The van der Waals surface area contributed by atoms with Crippen molar-refractivity contribution < 1.29 is 36.3 Å². The lowest BCUT2D eigenvalue weighted by atomic mass is 10.1. The quantitative estimate of drug-likeness (QED) is 0.401. The fraction of sp³-hybridized carbons (Fsp3) is 0.214. The number of anilines is 2. The van der Waals surface area contributed by atoms with Gasteiger partial charge in [-0.2, -0.15) is 0 Å². The Morgan fingerprint density at radius 1 is 0.744 bits per heavy atom. The largest absolute Gasteiger partial charge is 0.573 e. The van der Waals surface area contributed by atoms with Crippen LogP contribution in [-0.4, -0.2) is 60.7 Å². The molecule has 0 spiro atoms. The van der Waals surface area contributed by atoms with Crippen LogP contribution in [0.1, 0.15) is 26.3 Å². The molecule has 2 aliphatic heterocycles. The van der Waals surface area contributed by atoms with Crippen LogP contribution < -0.4 is 9.64 Å². The minimum Gasteiger partial charge on any atom is -0.404 e. The number of hydrogen-bond acceptors (Lipinski definition) is 4. The minimum absolute atomic E-state index is 0.00850. The molecule has 2 aliphatic rings. The Labute approximate surface area is 220 Å². The van der Waals surface area contributed by atoms with Crippen molar-refractivity contribution in [3.05, 3.63) is 95.1 Å². The van der Waals surface area contributed by atoms with Gasteiger partial charge in [0.05, 0.1) is 5.69 Å². The van der Waals surface area contributed by atoms with Gasteiger partial charge in [-0.15, -0.1) is 13.2 Å². The summed E-state index contributed by atoms with van der Waals surface area (Å²) in [5, 5.41) is 0. The second kappa shape index (κ2) is 10.4. The van der Waals surface area contributed by atoms with Crippen LogP contribution in [0.5, 0.6) is 5.75 Å². The summed E-state index contributed by atoms with van der Waals surface area (Å²) < 4.78 is 71.4. The zero-order chi connectivity index (χ0) is 27.7. The van der Waals surface area contributed by atoms with E-state index < -0.39 is 35.6 Å². The lowest BCUT2D eigenvalue weighted by Gasteiger charge is -2.35. The number of alkyl halides is 3. The molecule has 11 heteroatoms. The van der Waals surface area contributed by atoms with Crippen LogP contribution in [-0.2, 0) is 0 Å². The van der Waals surface area contributed by atoms with Gasteiger partial charge in [-0.05, 0) is 42.0 Å². The third-order valence-electron chi connectivity index (χ3n) is 6.50. The van der Waals surface area contributed by atoms with E-state index in [9.17, 15) is 31.5 Å². The Morgan fingerprint density at radius 2 is 1.36 bits per heavy atom. The second-order valence-electron chi connectivity index (χ2n) is 9.04. The van der Waals surface area contributed by atoms with Gasteiger partial charge in [0, 0.05) is 55.6 Å². The van der Waals surface area contributed by atoms with Gasteiger partial charge in [-0.3, -0.25) is 9.59 Å². The van der Waals surface area contributed by atoms with Crippen LogP contribution in [0.25, 0.3) is 6.08 Å². The lowest BCUT2D eigenvalue weighted by molar-refractivity contribution is -0.274. The summed E-state index contributed by atoms with van der Waals surface area (Å²) in [6.07, 6.45) is -1.29. The Kier molecular flexibility index (Phi) is 6.98. The van der Waals surface area contributed by atoms with Crippen molar-refractivity contribution in [1.29, 1.82) is 0 Å². The van der Waals surface area contributed by atoms with Gasteiger partial charge < -0.3 is 19.4 Å². The van der Waals surface area contributed by atoms with Crippen LogP contribution in [0.3, 0.4) is 0 Å². The molecule has 3 aromatic carbocycles. The van der Waals surface area contributed by atoms with E-state index >= 15 is 0 Å². The van der Waals surface area contributed by atoms with E-state index in [0.29, 0.717) is 18.3 Å². The Hall–Kier alpha value is -4.41. The highest BCUT2D eigenvalue weighted by Gasteiger charge is 2.34. The van der Waals surface area contributed by atoms with Crippen LogP contribution >= 0.6 is 0 Å². The van der Waals surface area contributed by atoms with Crippen LogP contribution in [0.4, 0.5) is 33.3 Å². The average molecular weight is 543 g/mol. The number of benzene rings is 3. The van der Waals surface area contributed by atoms with Crippen LogP contribution in [0.15, 0.2) is 66.7 Å². The standard InChI is InChI=1S/C28H22F5N3O3/c29-21-14-20(15-22(30)17-21)27(38)35-12-10-34(11-13-35)26(37)19-7-8-24(25(16-19)39-28(31,32)33)36-9-3-5-18-4-1-2-6-23(18)36/h1-8,14-17H,9-13H2. The highest BCUT2D eigenvalue weighted by atomic mass is 19.4. The number of hydrogen-bond donors (Lipinski definition) is 0. The monoisotopic (exact) mass is 543 g/mol. The lowest BCUT2D eigenvalue weighted by Crippen LogP contribution is -2.50. The summed E-state index contributed by atoms with van der Waals surface area (Å²) in [6, 6.07) is 13.7. The van der Waals surface area contributed by atoms with E-state index in [-0.39, 0.29) is 43.0 Å². The molecule has 0 radical (unpaired) electrons. The fourth-order valence-corrected chi connectivity index (χ4v) is 4.72. The molecule has 0 saturated carbocycles. The van der Waals surface area contributed by atoms with Crippen molar-refractivity contribution in [2.24, 2.45) is 0 Å². The van der Waals surface area contributed by atoms with Gasteiger partial charge in [0.25, 0.3) is 11.8 Å². The van der Waals surface area contributed by atoms with Crippen LogP contribution in [0.2, 0.25) is 0 Å². The molecule has 0 N–H and O–H groups in total. The van der Waals surface area contributed by atoms with Crippen LogP contribution in [0, 0.1) is 11.6 Å². The number of rotatable bonds is 4. The fourth-order valence-electron chi connectivity index (χ4n) is 4.72. The summed E-state index contributed by atoms with van der Waals surface area (Å²) in [4.78, 5) is 30.3. The molecular formula is C28H22F5N3O3. The summed E-state index contributed by atoms with van der Waals surface area (Å²) in [6.45, 7) is 0.657. The van der Waals surface area contributed by atoms with Gasteiger partial charge in [-0.25, -0.2) is 8.78 Å². The van der Waals surface area contributed by atoms with Crippen molar-refractivity contribution in [3.8, 4) is 5.75 Å². The van der Waals surface area contributed by atoms with E-state index in [4.69, 9.17) is 0 Å². The predicted octanol–water partition coefficient (Wildman–Crippen LogP) is 5.63. The highest BCUT2D eigenvalue weighted by molar-refractivity contribution is 5.97. The first kappa shape index (κ1) is 26.2. The van der Waals surface area contributed by atoms with Gasteiger partial charge in [0.15, 0.2) is 5.75 Å². The van der Waals surface area contributed by atoms with E-state index in [0.717, 1.165) is 23.8 Å². The number of carbonyl (C=O) groups is 2. The van der Waals surface area contributed by atoms with Crippen molar-refractivity contribution in [2.75, 3.05) is 37.6 Å². The van der Waals surface area contributed by atoms with E-state index in [2.05, 4.69) is 4.74 Å². The second-order valence-corrected chi connectivity index (χ2v) is 9.04. The average Bonchev–Trinajstić information content (AvgIpc) is 2.90. The number of para-hydroxylation sites is 1. The first-order chi connectivity index (χ1) is 18.6. The smallest absolute Gasteiger partial charge is 0.404 e. The molecule has 0 unspecified atom stereocenters. The summed E-state index contributed by atoms with van der Waals surface area (Å²) in [5.41, 5.74) is 1.52. The Morgan fingerprint density at radius 3 is 2.00 bits per heavy atom.